The Hall–Kier alpha value is -1.14. The van der Waals surface area contributed by atoms with Gasteiger partial charge in [-0.3, -0.25) is 0 Å². The minimum Gasteiger partial charge on any atom is -0.477 e. The van der Waals surface area contributed by atoms with Gasteiger partial charge >= 0.3 is 5.97 Å². The monoisotopic (exact) mass is 282 g/mol. The summed E-state index contributed by atoms with van der Waals surface area (Å²) in [4.78, 5) is 18.2. The molecular weight excluding hydrogens is 264 g/mol. The lowest BCUT2D eigenvalue weighted by Gasteiger charge is -2.19. The fraction of sp³-hybridized carbons (Fsp3) is 0.692. The quantitative estimate of drug-likeness (QED) is 0.898. The van der Waals surface area contributed by atoms with Gasteiger partial charge in [0, 0.05) is 26.1 Å². The summed E-state index contributed by atoms with van der Waals surface area (Å²) in [7, 11) is 1.96. The number of aromatic carboxylic acids is 1. The molecule has 0 amide bonds. The highest BCUT2D eigenvalue weighted by Gasteiger charge is 2.33. The fourth-order valence-corrected chi connectivity index (χ4v) is 3.40. The molecule has 3 rings (SSSR count). The number of carboxylic acid groups (broad SMARTS) is 1. The number of carbonyl (C=O) groups is 1. The van der Waals surface area contributed by atoms with E-state index in [1.807, 2.05) is 11.9 Å². The van der Waals surface area contributed by atoms with Gasteiger partial charge < -0.3 is 14.7 Å². The number of ether oxygens (including phenoxy) is 1. The molecule has 1 unspecified atom stereocenters. The predicted octanol–water partition coefficient (Wildman–Crippen LogP) is 2.33. The van der Waals surface area contributed by atoms with Crippen LogP contribution >= 0.6 is 11.3 Å². The van der Waals surface area contributed by atoms with E-state index >= 15 is 0 Å². The zero-order chi connectivity index (χ0) is 13.4. The molecule has 1 aliphatic carbocycles. The third kappa shape index (κ3) is 2.74. The van der Waals surface area contributed by atoms with E-state index in [2.05, 4.69) is 4.98 Å². The predicted molar refractivity (Wildman–Crippen MR) is 73.3 cm³/mol. The summed E-state index contributed by atoms with van der Waals surface area (Å²) in [6.45, 7) is 1.63. The molecule has 1 N–H and O–H groups in total. The number of thiazole rings is 1. The van der Waals surface area contributed by atoms with Crippen LogP contribution in [0.25, 0.3) is 0 Å². The maximum Gasteiger partial charge on any atom is 0.347 e. The average Bonchev–Trinajstić information content (AvgIpc) is 2.92. The van der Waals surface area contributed by atoms with Crippen LogP contribution in [0.5, 0.6) is 0 Å². The smallest absolute Gasteiger partial charge is 0.347 e. The largest absolute Gasteiger partial charge is 0.477 e. The van der Waals surface area contributed by atoms with Crippen molar-refractivity contribution in [3.8, 4) is 0 Å². The van der Waals surface area contributed by atoms with E-state index in [-0.39, 0.29) is 6.10 Å². The number of nitrogens with zero attached hydrogens (tertiary/aromatic N) is 2. The van der Waals surface area contributed by atoms with Crippen LogP contribution in [0.15, 0.2) is 0 Å². The van der Waals surface area contributed by atoms with Crippen LogP contribution in [0, 0.1) is 0 Å². The topological polar surface area (TPSA) is 62.7 Å². The fourth-order valence-electron chi connectivity index (χ4n) is 2.44. The summed E-state index contributed by atoms with van der Waals surface area (Å²) in [6.07, 6.45) is 4.59. The van der Waals surface area contributed by atoms with Crippen molar-refractivity contribution in [2.24, 2.45) is 0 Å². The SMILES string of the molecule is CN(CC1CCCO1)c1nc(C2CC2)c(C(=O)O)s1. The lowest BCUT2D eigenvalue weighted by molar-refractivity contribution is 0.0700. The first-order valence-corrected chi connectivity index (χ1v) is 7.53. The van der Waals surface area contributed by atoms with Gasteiger partial charge in [0.1, 0.15) is 4.88 Å². The van der Waals surface area contributed by atoms with Crippen LogP contribution in [-0.4, -0.2) is 42.4 Å². The van der Waals surface area contributed by atoms with E-state index in [1.165, 1.54) is 11.3 Å². The van der Waals surface area contributed by atoms with Crippen LogP contribution in [0.2, 0.25) is 0 Å². The summed E-state index contributed by atoms with van der Waals surface area (Å²) in [5.41, 5.74) is 0.784. The summed E-state index contributed by atoms with van der Waals surface area (Å²) in [6, 6.07) is 0. The van der Waals surface area contributed by atoms with Crippen LogP contribution in [0.4, 0.5) is 5.13 Å². The van der Waals surface area contributed by atoms with Crippen molar-refractivity contribution in [2.75, 3.05) is 25.1 Å². The molecule has 6 heteroatoms. The number of carboxylic acids is 1. The molecular formula is C13H18N2O3S. The van der Waals surface area contributed by atoms with Crippen molar-refractivity contribution in [1.29, 1.82) is 0 Å². The number of anilines is 1. The first kappa shape index (κ1) is 12.9. The first-order valence-electron chi connectivity index (χ1n) is 6.72. The van der Waals surface area contributed by atoms with Gasteiger partial charge in [0.05, 0.1) is 11.8 Å². The lowest BCUT2D eigenvalue weighted by Crippen LogP contribution is -2.28. The number of likely N-dealkylation sites (N-methyl/N-ethyl adjacent to an activating group) is 1. The zero-order valence-corrected chi connectivity index (χ0v) is 11.8. The standard InChI is InChI=1S/C13H18N2O3S/c1-15(7-9-3-2-6-18-9)13-14-10(8-4-5-8)11(19-13)12(16)17/h8-9H,2-7H2,1H3,(H,16,17). The van der Waals surface area contributed by atoms with Crippen LogP contribution in [-0.2, 0) is 4.74 Å². The Bertz CT molecular complexity index is 478. The average molecular weight is 282 g/mol. The Kier molecular flexibility index (Phi) is 3.45. The molecule has 1 saturated carbocycles. The summed E-state index contributed by atoms with van der Waals surface area (Å²) in [5, 5.41) is 10.0. The van der Waals surface area contributed by atoms with E-state index in [4.69, 9.17) is 4.74 Å². The van der Waals surface area contributed by atoms with Gasteiger partial charge in [0.25, 0.3) is 0 Å². The first-order chi connectivity index (χ1) is 9.15. The van der Waals surface area contributed by atoms with Crippen molar-refractivity contribution in [3.63, 3.8) is 0 Å². The van der Waals surface area contributed by atoms with Crippen molar-refractivity contribution < 1.29 is 14.6 Å². The number of hydrogen-bond donors (Lipinski definition) is 1. The molecule has 5 nitrogen and oxygen atoms in total. The maximum atomic E-state index is 11.3. The van der Waals surface area contributed by atoms with Crippen LogP contribution < -0.4 is 4.90 Å². The molecule has 0 spiro atoms. The normalized spacial score (nSPS) is 22.7. The van der Waals surface area contributed by atoms with Crippen molar-refractivity contribution >= 4 is 22.4 Å². The molecule has 2 fully saturated rings. The van der Waals surface area contributed by atoms with Gasteiger partial charge in [-0.1, -0.05) is 11.3 Å². The van der Waals surface area contributed by atoms with Gasteiger partial charge in [-0.25, -0.2) is 9.78 Å². The molecule has 1 saturated heterocycles. The maximum absolute atomic E-state index is 11.3. The third-order valence-corrected chi connectivity index (χ3v) is 4.80. The Morgan fingerprint density at radius 1 is 1.53 bits per heavy atom. The summed E-state index contributed by atoms with van der Waals surface area (Å²) >= 11 is 1.29. The van der Waals surface area contributed by atoms with Gasteiger partial charge in [-0.05, 0) is 25.7 Å². The van der Waals surface area contributed by atoms with Crippen molar-refractivity contribution in [3.05, 3.63) is 10.6 Å². The summed E-state index contributed by atoms with van der Waals surface area (Å²) < 4.78 is 5.61. The molecule has 104 valence electrons. The highest BCUT2D eigenvalue weighted by atomic mass is 32.1. The number of rotatable bonds is 5. The Morgan fingerprint density at radius 3 is 2.89 bits per heavy atom. The molecule has 0 bridgehead atoms. The van der Waals surface area contributed by atoms with E-state index in [0.717, 1.165) is 49.7 Å². The molecule has 0 radical (unpaired) electrons. The van der Waals surface area contributed by atoms with E-state index in [9.17, 15) is 9.90 Å². The molecule has 1 atom stereocenters. The van der Waals surface area contributed by atoms with Crippen molar-refractivity contribution in [2.45, 2.75) is 37.7 Å². The molecule has 1 aliphatic heterocycles. The van der Waals surface area contributed by atoms with Gasteiger partial charge in [-0.15, -0.1) is 0 Å². The second-order valence-corrected chi connectivity index (χ2v) is 6.28. The molecule has 0 aromatic carbocycles. The molecule has 1 aromatic heterocycles. The van der Waals surface area contributed by atoms with E-state index < -0.39 is 5.97 Å². The number of aromatic nitrogens is 1. The van der Waals surface area contributed by atoms with E-state index in [0.29, 0.717) is 10.8 Å². The van der Waals surface area contributed by atoms with Gasteiger partial charge in [0.2, 0.25) is 0 Å². The second-order valence-electron chi connectivity index (χ2n) is 5.31. The van der Waals surface area contributed by atoms with Gasteiger partial charge in [-0.2, -0.15) is 0 Å². The Balaban J connectivity index is 1.75. The minimum absolute atomic E-state index is 0.256. The highest BCUT2D eigenvalue weighted by Crippen LogP contribution is 2.44. The molecule has 2 heterocycles. The highest BCUT2D eigenvalue weighted by molar-refractivity contribution is 7.17. The molecule has 1 aromatic rings. The van der Waals surface area contributed by atoms with Gasteiger partial charge in [0.15, 0.2) is 5.13 Å². The zero-order valence-electron chi connectivity index (χ0n) is 11.0. The van der Waals surface area contributed by atoms with Crippen LogP contribution in [0.1, 0.15) is 47.0 Å². The lowest BCUT2D eigenvalue weighted by atomic mass is 10.2. The second kappa shape index (κ2) is 5.09. The van der Waals surface area contributed by atoms with E-state index in [1.54, 1.807) is 0 Å². The Labute approximate surface area is 116 Å². The number of hydrogen-bond acceptors (Lipinski definition) is 5. The van der Waals surface area contributed by atoms with Crippen LogP contribution in [0.3, 0.4) is 0 Å². The van der Waals surface area contributed by atoms with Crippen molar-refractivity contribution in [1.82, 2.24) is 4.98 Å². The molecule has 2 aliphatic rings. The minimum atomic E-state index is -0.851. The third-order valence-electron chi connectivity index (χ3n) is 3.63. The Morgan fingerprint density at radius 2 is 2.32 bits per heavy atom. The molecule has 19 heavy (non-hydrogen) atoms. The summed E-state index contributed by atoms with van der Waals surface area (Å²) in [5.74, 6) is -0.483.